The number of halogens is 3. The lowest BCUT2D eigenvalue weighted by atomic mass is 10.1. The fraction of sp³-hybridized carbons (Fsp3) is 0.889. The molecule has 0 saturated heterocycles. The summed E-state index contributed by atoms with van der Waals surface area (Å²) in [4.78, 5) is 10.4. The number of hydrogen-bond acceptors (Lipinski definition) is 2. The van der Waals surface area contributed by atoms with Crippen LogP contribution >= 0.6 is 0 Å². The lowest BCUT2D eigenvalue weighted by Crippen LogP contribution is -2.24. The molecular formula is C9H15F3O2. The SMILES string of the molecule is CC(C)CCOCCC(=O)C(F)(F)F. The Morgan fingerprint density at radius 1 is 1.29 bits per heavy atom. The molecule has 0 N–H and O–H groups in total. The summed E-state index contributed by atoms with van der Waals surface area (Å²) in [5, 5.41) is 0. The Morgan fingerprint density at radius 3 is 2.29 bits per heavy atom. The highest BCUT2D eigenvalue weighted by molar-refractivity contribution is 5.83. The third kappa shape index (κ3) is 6.88. The Hall–Kier alpha value is -0.580. The van der Waals surface area contributed by atoms with Gasteiger partial charge >= 0.3 is 6.18 Å². The minimum Gasteiger partial charge on any atom is -0.381 e. The molecule has 0 aromatic carbocycles. The van der Waals surface area contributed by atoms with Gasteiger partial charge in [-0.3, -0.25) is 4.79 Å². The molecule has 0 aliphatic rings. The second kappa shape index (κ2) is 6.01. The number of ether oxygens (including phenoxy) is 1. The highest BCUT2D eigenvalue weighted by Crippen LogP contribution is 2.17. The first-order valence-corrected chi connectivity index (χ1v) is 4.51. The summed E-state index contributed by atoms with van der Waals surface area (Å²) >= 11 is 0. The molecule has 2 nitrogen and oxygen atoms in total. The van der Waals surface area contributed by atoms with E-state index in [2.05, 4.69) is 0 Å². The molecule has 0 bridgehead atoms. The second-order valence-corrected chi connectivity index (χ2v) is 3.47. The average molecular weight is 212 g/mol. The molecule has 0 rings (SSSR count). The Bertz CT molecular complexity index is 175. The molecule has 0 aromatic rings. The average Bonchev–Trinajstić information content (AvgIpc) is 2.01. The number of alkyl halides is 3. The number of ketones is 1. The van der Waals surface area contributed by atoms with E-state index in [0.29, 0.717) is 12.5 Å². The third-order valence-corrected chi connectivity index (χ3v) is 1.63. The second-order valence-electron chi connectivity index (χ2n) is 3.47. The van der Waals surface area contributed by atoms with Crippen molar-refractivity contribution in [1.29, 1.82) is 0 Å². The van der Waals surface area contributed by atoms with Gasteiger partial charge in [0.05, 0.1) is 6.61 Å². The normalized spacial score (nSPS) is 12.1. The van der Waals surface area contributed by atoms with Crippen LogP contribution in [0.25, 0.3) is 0 Å². The van der Waals surface area contributed by atoms with Crippen molar-refractivity contribution < 1.29 is 22.7 Å². The largest absolute Gasteiger partial charge is 0.450 e. The van der Waals surface area contributed by atoms with Crippen molar-refractivity contribution in [3.63, 3.8) is 0 Å². The van der Waals surface area contributed by atoms with Crippen molar-refractivity contribution in [1.82, 2.24) is 0 Å². The van der Waals surface area contributed by atoms with Crippen LogP contribution in [0.3, 0.4) is 0 Å². The number of carbonyl (C=O) groups excluding carboxylic acids is 1. The molecule has 0 heterocycles. The molecule has 0 spiro atoms. The molecule has 84 valence electrons. The van der Waals surface area contributed by atoms with Crippen molar-refractivity contribution in [2.45, 2.75) is 32.9 Å². The third-order valence-electron chi connectivity index (χ3n) is 1.63. The van der Waals surface area contributed by atoms with Gasteiger partial charge in [-0.15, -0.1) is 0 Å². The monoisotopic (exact) mass is 212 g/mol. The van der Waals surface area contributed by atoms with E-state index in [1.807, 2.05) is 13.8 Å². The van der Waals surface area contributed by atoms with Gasteiger partial charge in [-0.25, -0.2) is 0 Å². The predicted octanol–water partition coefficient (Wildman–Crippen LogP) is 2.57. The molecule has 0 atom stereocenters. The number of rotatable bonds is 6. The van der Waals surface area contributed by atoms with Crippen LogP contribution in [-0.4, -0.2) is 25.2 Å². The molecule has 0 aliphatic carbocycles. The molecular weight excluding hydrogens is 197 g/mol. The Morgan fingerprint density at radius 2 is 1.86 bits per heavy atom. The van der Waals surface area contributed by atoms with Crippen molar-refractivity contribution in [3.8, 4) is 0 Å². The lowest BCUT2D eigenvalue weighted by molar-refractivity contribution is -0.172. The number of Topliss-reactive ketones (excluding diaryl/α,β-unsaturated/α-hetero) is 1. The van der Waals surface area contributed by atoms with Gasteiger partial charge in [0.25, 0.3) is 0 Å². The zero-order valence-electron chi connectivity index (χ0n) is 8.36. The number of carbonyl (C=O) groups is 1. The predicted molar refractivity (Wildman–Crippen MR) is 46.0 cm³/mol. The lowest BCUT2D eigenvalue weighted by Gasteiger charge is -2.07. The summed E-state index contributed by atoms with van der Waals surface area (Å²) in [6.07, 6.45) is -4.51. The summed E-state index contributed by atoms with van der Waals surface area (Å²) in [7, 11) is 0. The first-order chi connectivity index (χ1) is 6.34. The maximum absolute atomic E-state index is 11.7. The highest BCUT2D eigenvalue weighted by Gasteiger charge is 2.37. The van der Waals surface area contributed by atoms with E-state index in [-0.39, 0.29) is 6.61 Å². The minimum absolute atomic E-state index is 0.148. The van der Waals surface area contributed by atoms with E-state index in [9.17, 15) is 18.0 Å². The van der Waals surface area contributed by atoms with Crippen LogP contribution in [0, 0.1) is 5.92 Å². The van der Waals surface area contributed by atoms with Crippen molar-refractivity contribution in [3.05, 3.63) is 0 Å². The Kier molecular flexibility index (Phi) is 5.76. The minimum atomic E-state index is -4.72. The molecule has 0 aromatic heterocycles. The van der Waals surface area contributed by atoms with Gasteiger partial charge in [0.15, 0.2) is 0 Å². The fourth-order valence-corrected chi connectivity index (χ4v) is 0.728. The van der Waals surface area contributed by atoms with Crippen LogP contribution in [0.5, 0.6) is 0 Å². The Labute approximate surface area is 81.4 Å². The maximum atomic E-state index is 11.7. The zero-order valence-corrected chi connectivity index (χ0v) is 8.36. The topological polar surface area (TPSA) is 26.3 Å². The van der Waals surface area contributed by atoms with Crippen molar-refractivity contribution >= 4 is 5.78 Å². The van der Waals surface area contributed by atoms with Crippen molar-refractivity contribution in [2.75, 3.05) is 13.2 Å². The summed E-state index contributed by atoms with van der Waals surface area (Å²) in [6, 6.07) is 0. The molecule has 0 saturated carbocycles. The Balaban J connectivity index is 3.42. The molecule has 0 fully saturated rings. The first kappa shape index (κ1) is 13.4. The van der Waals surface area contributed by atoms with E-state index >= 15 is 0 Å². The molecule has 0 radical (unpaired) electrons. The van der Waals surface area contributed by atoms with Gasteiger partial charge in [0.2, 0.25) is 5.78 Å². The van der Waals surface area contributed by atoms with Crippen LogP contribution in [0.4, 0.5) is 13.2 Å². The highest BCUT2D eigenvalue weighted by atomic mass is 19.4. The van der Waals surface area contributed by atoms with Crippen LogP contribution in [0.1, 0.15) is 26.7 Å². The quantitative estimate of drug-likeness (QED) is 0.632. The maximum Gasteiger partial charge on any atom is 0.450 e. The van der Waals surface area contributed by atoms with E-state index < -0.39 is 18.4 Å². The molecule has 5 heteroatoms. The van der Waals surface area contributed by atoms with E-state index in [0.717, 1.165) is 6.42 Å². The first-order valence-electron chi connectivity index (χ1n) is 4.51. The summed E-state index contributed by atoms with van der Waals surface area (Å²) in [6.45, 7) is 4.24. The van der Waals surface area contributed by atoms with Gasteiger partial charge in [0, 0.05) is 13.0 Å². The van der Waals surface area contributed by atoms with Gasteiger partial charge in [-0.2, -0.15) is 13.2 Å². The van der Waals surface area contributed by atoms with Crippen LogP contribution in [-0.2, 0) is 9.53 Å². The van der Waals surface area contributed by atoms with E-state index in [1.165, 1.54) is 0 Å². The van der Waals surface area contributed by atoms with E-state index in [1.54, 1.807) is 0 Å². The van der Waals surface area contributed by atoms with E-state index in [4.69, 9.17) is 4.74 Å². The number of hydrogen-bond donors (Lipinski definition) is 0. The molecule has 14 heavy (non-hydrogen) atoms. The van der Waals surface area contributed by atoms with Gasteiger partial charge in [-0.05, 0) is 12.3 Å². The fourth-order valence-electron chi connectivity index (χ4n) is 0.728. The van der Waals surface area contributed by atoms with Gasteiger partial charge < -0.3 is 4.74 Å². The smallest absolute Gasteiger partial charge is 0.381 e. The van der Waals surface area contributed by atoms with Gasteiger partial charge in [-0.1, -0.05) is 13.8 Å². The molecule has 0 amide bonds. The van der Waals surface area contributed by atoms with Crippen LogP contribution < -0.4 is 0 Å². The van der Waals surface area contributed by atoms with Crippen LogP contribution in [0.2, 0.25) is 0 Å². The summed E-state index contributed by atoms with van der Waals surface area (Å²) in [5.41, 5.74) is 0. The summed E-state index contributed by atoms with van der Waals surface area (Å²) < 4.78 is 39.9. The van der Waals surface area contributed by atoms with Crippen molar-refractivity contribution in [2.24, 2.45) is 5.92 Å². The standard InChI is InChI=1S/C9H15F3O2/c1-7(2)3-5-14-6-4-8(13)9(10,11)12/h7H,3-6H2,1-2H3. The van der Waals surface area contributed by atoms with Gasteiger partial charge in [0.1, 0.15) is 0 Å². The zero-order chi connectivity index (χ0) is 11.2. The van der Waals surface area contributed by atoms with Crippen LogP contribution in [0.15, 0.2) is 0 Å². The summed E-state index contributed by atoms with van der Waals surface area (Å²) in [5.74, 6) is -1.27. The molecule has 0 aliphatic heterocycles. The molecule has 0 unspecified atom stereocenters.